The van der Waals surface area contributed by atoms with Gasteiger partial charge in [-0.1, -0.05) is 13.8 Å². The van der Waals surface area contributed by atoms with Crippen molar-refractivity contribution >= 4 is 28.9 Å². The zero-order valence-corrected chi connectivity index (χ0v) is 13.1. The number of imidazole rings is 1. The maximum absolute atomic E-state index is 11.5. The Hall–Kier alpha value is -1.67. The van der Waals surface area contributed by atoms with E-state index in [9.17, 15) is 9.90 Å². The molecule has 2 unspecified atom stereocenters. The van der Waals surface area contributed by atoms with Crippen LogP contribution in [0.4, 0.5) is 0 Å². The number of likely N-dealkylation sites (N-methyl/N-ethyl adjacent to an activating group) is 1. The standard InChI is InChI=1S/C13H19N5O2S/c1-4-18-13(3,12(19)20)5-8(2)21-11-9-10(15-6-14-9)16-7-17-11/h6-8,18H,4-5H2,1-3H3,(H,19,20)(H,14,15,16,17). The summed E-state index contributed by atoms with van der Waals surface area (Å²) in [4.78, 5) is 26.9. The lowest BCUT2D eigenvalue weighted by atomic mass is 9.96. The predicted octanol–water partition coefficient (Wildman–Crippen LogP) is 1.68. The molecule has 8 heteroatoms. The highest BCUT2D eigenvalue weighted by molar-refractivity contribution is 8.00. The molecule has 0 aliphatic carbocycles. The molecule has 0 fully saturated rings. The van der Waals surface area contributed by atoms with Gasteiger partial charge >= 0.3 is 5.97 Å². The highest BCUT2D eigenvalue weighted by Crippen LogP contribution is 2.30. The number of carboxylic acids is 1. The molecule has 0 saturated heterocycles. The lowest BCUT2D eigenvalue weighted by molar-refractivity contribution is -0.144. The summed E-state index contributed by atoms with van der Waals surface area (Å²) in [6.07, 6.45) is 3.54. The number of carbonyl (C=O) groups is 1. The highest BCUT2D eigenvalue weighted by Gasteiger charge is 2.34. The molecule has 2 heterocycles. The van der Waals surface area contributed by atoms with Crippen LogP contribution in [0.3, 0.4) is 0 Å². The van der Waals surface area contributed by atoms with Gasteiger partial charge in [0.2, 0.25) is 0 Å². The Balaban J connectivity index is 2.12. The number of aliphatic carboxylic acids is 1. The summed E-state index contributed by atoms with van der Waals surface area (Å²) in [5.74, 6) is -0.842. The molecule has 2 rings (SSSR count). The fourth-order valence-corrected chi connectivity index (χ4v) is 3.44. The van der Waals surface area contributed by atoms with Crippen LogP contribution in [-0.4, -0.2) is 48.3 Å². The number of nitrogens with one attached hydrogen (secondary N) is 2. The SMILES string of the molecule is CCNC(C)(CC(C)Sc1ncnc2nc[nH]c12)C(=O)O. The van der Waals surface area contributed by atoms with Gasteiger partial charge in [0.25, 0.3) is 0 Å². The molecule has 0 aromatic carbocycles. The molecule has 21 heavy (non-hydrogen) atoms. The maximum Gasteiger partial charge on any atom is 0.323 e. The molecule has 0 aliphatic heterocycles. The fraction of sp³-hybridized carbons (Fsp3) is 0.538. The predicted molar refractivity (Wildman–Crippen MR) is 81.3 cm³/mol. The Kier molecular flexibility index (Phi) is 4.79. The molecule has 7 nitrogen and oxygen atoms in total. The number of thioether (sulfide) groups is 1. The van der Waals surface area contributed by atoms with Crippen molar-refractivity contribution in [3.8, 4) is 0 Å². The van der Waals surface area contributed by atoms with Gasteiger partial charge < -0.3 is 15.4 Å². The lowest BCUT2D eigenvalue weighted by Gasteiger charge is -2.28. The van der Waals surface area contributed by atoms with Gasteiger partial charge in [-0.3, -0.25) is 4.79 Å². The first-order valence-electron chi connectivity index (χ1n) is 6.75. The molecule has 0 bridgehead atoms. The number of aromatic amines is 1. The first-order valence-corrected chi connectivity index (χ1v) is 7.63. The normalized spacial score (nSPS) is 15.8. The molecule has 0 saturated carbocycles. The molecule has 0 spiro atoms. The van der Waals surface area contributed by atoms with Crippen molar-refractivity contribution in [1.29, 1.82) is 0 Å². The number of aromatic nitrogens is 4. The monoisotopic (exact) mass is 309 g/mol. The first kappa shape index (κ1) is 15.7. The molecule has 3 N–H and O–H groups in total. The Morgan fingerprint density at radius 2 is 2.29 bits per heavy atom. The Bertz CT molecular complexity index is 632. The van der Waals surface area contributed by atoms with Crippen molar-refractivity contribution in [1.82, 2.24) is 25.3 Å². The van der Waals surface area contributed by atoms with Crippen molar-refractivity contribution in [2.75, 3.05) is 6.54 Å². The second kappa shape index (κ2) is 6.40. The third kappa shape index (κ3) is 3.51. The van der Waals surface area contributed by atoms with Crippen LogP contribution in [-0.2, 0) is 4.79 Å². The van der Waals surface area contributed by atoms with Crippen LogP contribution in [0.5, 0.6) is 0 Å². The number of hydrogen-bond acceptors (Lipinski definition) is 6. The van der Waals surface area contributed by atoms with Crippen LogP contribution in [0, 0.1) is 0 Å². The molecule has 2 aromatic rings. The second-order valence-corrected chi connectivity index (χ2v) is 6.51. The smallest absolute Gasteiger partial charge is 0.323 e. The highest BCUT2D eigenvalue weighted by atomic mass is 32.2. The van der Waals surface area contributed by atoms with Crippen molar-refractivity contribution in [3.63, 3.8) is 0 Å². The quantitative estimate of drug-likeness (QED) is 0.528. The van der Waals surface area contributed by atoms with Gasteiger partial charge in [-0.2, -0.15) is 0 Å². The lowest BCUT2D eigenvalue weighted by Crippen LogP contribution is -2.50. The van der Waals surface area contributed by atoms with Gasteiger partial charge in [0, 0.05) is 5.25 Å². The summed E-state index contributed by atoms with van der Waals surface area (Å²) in [5.41, 5.74) is 0.462. The number of fused-ring (bicyclic) bond motifs is 1. The van der Waals surface area contributed by atoms with Gasteiger partial charge in [-0.25, -0.2) is 15.0 Å². The fourth-order valence-electron chi connectivity index (χ4n) is 2.26. The summed E-state index contributed by atoms with van der Waals surface area (Å²) in [7, 11) is 0. The van der Waals surface area contributed by atoms with E-state index in [4.69, 9.17) is 0 Å². The molecule has 114 valence electrons. The second-order valence-electron chi connectivity index (χ2n) is 5.08. The minimum Gasteiger partial charge on any atom is -0.480 e. The van der Waals surface area contributed by atoms with E-state index < -0.39 is 11.5 Å². The molecule has 0 aliphatic rings. The van der Waals surface area contributed by atoms with Crippen LogP contribution in [0.25, 0.3) is 11.2 Å². The largest absolute Gasteiger partial charge is 0.480 e. The summed E-state index contributed by atoms with van der Waals surface area (Å²) in [6, 6.07) is 0. The Morgan fingerprint density at radius 3 is 2.95 bits per heavy atom. The zero-order chi connectivity index (χ0) is 15.5. The average molecular weight is 309 g/mol. The first-order chi connectivity index (χ1) is 9.96. The molecule has 0 radical (unpaired) electrons. The minimum atomic E-state index is -0.943. The molecular weight excluding hydrogens is 290 g/mol. The number of rotatable bonds is 7. The van der Waals surface area contributed by atoms with Gasteiger partial charge in [-0.05, 0) is 19.9 Å². The maximum atomic E-state index is 11.5. The summed E-state index contributed by atoms with van der Waals surface area (Å²) in [6.45, 7) is 6.21. The van der Waals surface area contributed by atoms with Crippen molar-refractivity contribution < 1.29 is 9.90 Å². The van der Waals surface area contributed by atoms with Crippen molar-refractivity contribution in [3.05, 3.63) is 12.7 Å². The van der Waals surface area contributed by atoms with E-state index >= 15 is 0 Å². The van der Waals surface area contributed by atoms with Crippen LogP contribution in [0.2, 0.25) is 0 Å². The minimum absolute atomic E-state index is 0.0755. The Morgan fingerprint density at radius 1 is 1.52 bits per heavy atom. The topological polar surface area (TPSA) is 104 Å². The van der Waals surface area contributed by atoms with Crippen LogP contribution >= 0.6 is 11.8 Å². The number of nitrogens with zero attached hydrogens (tertiary/aromatic N) is 3. The van der Waals surface area contributed by atoms with Crippen LogP contribution in [0.1, 0.15) is 27.2 Å². The number of carboxylic acid groups (broad SMARTS) is 1. The van der Waals surface area contributed by atoms with E-state index in [2.05, 4.69) is 25.3 Å². The molecule has 2 atom stereocenters. The van der Waals surface area contributed by atoms with Crippen LogP contribution in [0.15, 0.2) is 17.7 Å². The zero-order valence-electron chi connectivity index (χ0n) is 12.3. The van der Waals surface area contributed by atoms with Gasteiger partial charge in [0.05, 0.1) is 6.33 Å². The van der Waals surface area contributed by atoms with E-state index in [-0.39, 0.29) is 5.25 Å². The van der Waals surface area contributed by atoms with Crippen molar-refractivity contribution in [2.24, 2.45) is 0 Å². The summed E-state index contributed by atoms with van der Waals surface area (Å²) in [5, 5.41) is 13.3. The third-order valence-corrected chi connectivity index (χ3v) is 4.34. The third-order valence-electron chi connectivity index (χ3n) is 3.24. The number of H-pyrrole nitrogens is 1. The van der Waals surface area contributed by atoms with Gasteiger partial charge in [-0.15, -0.1) is 11.8 Å². The number of hydrogen-bond donors (Lipinski definition) is 3. The average Bonchev–Trinajstić information content (AvgIpc) is 2.88. The molecular formula is C13H19N5O2S. The van der Waals surface area contributed by atoms with E-state index in [1.807, 2.05) is 13.8 Å². The van der Waals surface area contributed by atoms with Crippen molar-refractivity contribution in [2.45, 2.75) is 43.0 Å². The van der Waals surface area contributed by atoms with E-state index in [0.717, 1.165) is 10.5 Å². The summed E-state index contributed by atoms with van der Waals surface area (Å²) >= 11 is 1.52. The van der Waals surface area contributed by atoms with E-state index in [0.29, 0.717) is 18.6 Å². The molecule has 2 aromatic heterocycles. The van der Waals surface area contributed by atoms with E-state index in [1.165, 1.54) is 18.1 Å². The van der Waals surface area contributed by atoms with Gasteiger partial charge in [0.1, 0.15) is 22.4 Å². The van der Waals surface area contributed by atoms with Crippen LogP contribution < -0.4 is 5.32 Å². The van der Waals surface area contributed by atoms with Gasteiger partial charge in [0.15, 0.2) is 5.65 Å². The Labute approximate surface area is 127 Å². The summed E-state index contributed by atoms with van der Waals surface area (Å²) < 4.78 is 0. The van der Waals surface area contributed by atoms with E-state index in [1.54, 1.807) is 13.3 Å². The molecule has 0 amide bonds.